The number of benzene rings is 2. The molecule has 0 saturated carbocycles. The van der Waals surface area contributed by atoms with E-state index < -0.39 is 0 Å². The van der Waals surface area contributed by atoms with Crippen molar-refractivity contribution in [1.82, 2.24) is 4.90 Å². The molecule has 2 aliphatic rings. The quantitative estimate of drug-likeness (QED) is 0.907. The van der Waals surface area contributed by atoms with Crippen molar-refractivity contribution in [3.8, 4) is 0 Å². The topological polar surface area (TPSA) is 52.7 Å². The lowest BCUT2D eigenvalue weighted by atomic mass is 9.89. The van der Waals surface area contributed by atoms with Gasteiger partial charge in [0.2, 0.25) is 11.8 Å². The third kappa shape index (κ3) is 3.17. The van der Waals surface area contributed by atoms with Crippen molar-refractivity contribution in [1.29, 1.82) is 0 Å². The molecule has 1 fully saturated rings. The molecule has 0 radical (unpaired) electrons. The summed E-state index contributed by atoms with van der Waals surface area (Å²) in [4.78, 5) is 29.3. The first kappa shape index (κ1) is 16.6. The number of hydrogen-bond donors (Lipinski definition) is 1. The van der Waals surface area contributed by atoms with Gasteiger partial charge in [0.05, 0.1) is 5.92 Å². The van der Waals surface area contributed by atoms with Gasteiger partial charge in [-0.15, -0.1) is 0 Å². The number of nitrogens with zero attached hydrogens (tertiary/aromatic N) is 2. The Labute approximate surface area is 153 Å². The second-order valence-electron chi connectivity index (χ2n) is 7.04. The maximum absolute atomic E-state index is 13.1. The highest BCUT2D eigenvalue weighted by atomic mass is 16.2. The first-order chi connectivity index (χ1) is 12.6. The maximum atomic E-state index is 13.1. The number of aryl methyl sites for hydroxylation is 1. The summed E-state index contributed by atoms with van der Waals surface area (Å²) in [5.41, 5.74) is 4.14. The molecule has 0 aromatic heterocycles. The molecule has 134 valence electrons. The lowest BCUT2D eigenvalue weighted by molar-refractivity contribution is -0.135. The molecule has 2 aromatic rings. The number of para-hydroxylation sites is 1. The number of carbonyl (C=O) groups excluding carboxylic acids is 2. The molecule has 0 bridgehead atoms. The molecule has 4 rings (SSSR count). The summed E-state index contributed by atoms with van der Waals surface area (Å²) < 4.78 is 0. The van der Waals surface area contributed by atoms with Crippen LogP contribution in [0.4, 0.5) is 11.4 Å². The Kier molecular flexibility index (Phi) is 4.37. The van der Waals surface area contributed by atoms with Crippen LogP contribution in [0.15, 0.2) is 48.5 Å². The summed E-state index contributed by atoms with van der Waals surface area (Å²) in [6.45, 7) is 5.10. The molecule has 1 atom stereocenters. The van der Waals surface area contributed by atoms with E-state index in [0.717, 1.165) is 24.3 Å². The molecule has 1 N–H and O–H groups in total. The fraction of sp³-hybridized carbons (Fsp3) is 0.333. The molecule has 5 heteroatoms. The fourth-order valence-corrected chi connectivity index (χ4v) is 3.86. The molecule has 1 unspecified atom stereocenters. The molecular formula is C21H23N3O2. The number of hydrogen-bond acceptors (Lipinski definition) is 3. The number of anilines is 2. The van der Waals surface area contributed by atoms with Crippen LogP contribution in [0.1, 0.15) is 23.5 Å². The summed E-state index contributed by atoms with van der Waals surface area (Å²) in [7, 11) is 0. The highest BCUT2D eigenvalue weighted by molar-refractivity contribution is 6.01. The van der Waals surface area contributed by atoms with Crippen LogP contribution in [-0.2, 0) is 9.59 Å². The SMILES string of the molecule is Cc1cccc(N2CCN(C(=O)C3CC(=O)Nc4ccccc43)CC2)c1. The van der Waals surface area contributed by atoms with Gasteiger partial charge >= 0.3 is 0 Å². The molecule has 2 aromatic carbocycles. The number of rotatable bonds is 2. The zero-order valence-electron chi connectivity index (χ0n) is 14.9. The van der Waals surface area contributed by atoms with Crippen LogP contribution < -0.4 is 10.2 Å². The monoisotopic (exact) mass is 349 g/mol. The Balaban J connectivity index is 1.46. The van der Waals surface area contributed by atoms with E-state index in [9.17, 15) is 9.59 Å². The fourth-order valence-electron chi connectivity index (χ4n) is 3.86. The molecule has 5 nitrogen and oxygen atoms in total. The van der Waals surface area contributed by atoms with Gasteiger partial charge in [0, 0.05) is 44.0 Å². The van der Waals surface area contributed by atoms with Crippen LogP contribution in [0, 0.1) is 6.92 Å². The van der Waals surface area contributed by atoms with Gasteiger partial charge in [-0.05, 0) is 36.2 Å². The zero-order chi connectivity index (χ0) is 18.1. The van der Waals surface area contributed by atoms with Crippen molar-refractivity contribution in [2.45, 2.75) is 19.3 Å². The van der Waals surface area contributed by atoms with Crippen molar-refractivity contribution < 1.29 is 9.59 Å². The molecule has 1 saturated heterocycles. The van der Waals surface area contributed by atoms with E-state index in [0.29, 0.717) is 13.1 Å². The number of piperazine rings is 1. The van der Waals surface area contributed by atoms with Crippen LogP contribution in [-0.4, -0.2) is 42.9 Å². The molecule has 0 spiro atoms. The summed E-state index contributed by atoms with van der Waals surface area (Å²) in [5.74, 6) is -0.387. The Hall–Kier alpha value is -2.82. The van der Waals surface area contributed by atoms with E-state index in [2.05, 4.69) is 41.4 Å². The summed E-state index contributed by atoms with van der Waals surface area (Å²) >= 11 is 0. The Morgan fingerprint density at radius 2 is 1.81 bits per heavy atom. The van der Waals surface area contributed by atoms with Crippen molar-refractivity contribution in [2.75, 3.05) is 36.4 Å². The zero-order valence-corrected chi connectivity index (χ0v) is 14.9. The number of nitrogens with one attached hydrogen (secondary N) is 1. The molecule has 2 amide bonds. The first-order valence-electron chi connectivity index (χ1n) is 9.11. The molecule has 26 heavy (non-hydrogen) atoms. The highest BCUT2D eigenvalue weighted by Gasteiger charge is 2.34. The predicted molar refractivity (Wildman–Crippen MR) is 102 cm³/mol. The third-order valence-electron chi connectivity index (χ3n) is 5.26. The molecular weight excluding hydrogens is 326 g/mol. The first-order valence-corrected chi connectivity index (χ1v) is 9.11. The van der Waals surface area contributed by atoms with Gasteiger partial charge in [0.15, 0.2) is 0 Å². The largest absolute Gasteiger partial charge is 0.368 e. The summed E-state index contributed by atoms with van der Waals surface area (Å²) in [6.07, 6.45) is 0.230. The second-order valence-corrected chi connectivity index (χ2v) is 7.04. The minimum Gasteiger partial charge on any atom is -0.368 e. The van der Waals surface area contributed by atoms with E-state index in [-0.39, 0.29) is 24.2 Å². The van der Waals surface area contributed by atoms with Crippen LogP contribution >= 0.6 is 0 Å². The second kappa shape index (κ2) is 6.83. The van der Waals surface area contributed by atoms with Crippen LogP contribution in [0.2, 0.25) is 0 Å². The summed E-state index contributed by atoms with van der Waals surface area (Å²) in [6, 6.07) is 16.1. The Morgan fingerprint density at radius 3 is 2.58 bits per heavy atom. The molecule has 2 heterocycles. The van der Waals surface area contributed by atoms with Gasteiger partial charge in [0.25, 0.3) is 0 Å². The molecule has 2 aliphatic heterocycles. The minimum atomic E-state index is -0.370. The van der Waals surface area contributed by atoms with Gasteiger partial charge in [-0.25, -0.2) is 0 Å². The van der Waals surface area contributed by atoms with E-state index in [4.69, 9.17) is 0 Å². The summed E-state index contributed by atoms with van der Waals surface area (Å²) in [5, 5.41) is 2.86. The smallest absolute Gasteiger partial charge is 0.230 e. The average Bonchev–Trinajstić information content (AvgIpc) is 2.67. The third-order valence-corrected chi connectivity index (χ3v) is 5.26. The van der Waals surface area contributed by atoms with Gasteiger partial charge in [-0.1, -0.05) is 30.3 Å². The highest BCUT2D eigenvalue weighted by Crippen LogP contribution is 2.33. The number of amides is 2. The van der Waals surface area contributed by atoms with Crippen LogP contribution in [0.25, 0.3) is 0 Å². The van der Waals surface area contributed by atoms with Gasteiger partial charge < -0.3 is 15.1 Å². The van der Waals surface area contributed by atoms with Crippen molar-refractivity contribution in [2.24, 2.45) is 0 Å². The number of fused-ring (bicyclic) bond motifs is 1. The van der Waals surface area contributed by atoms with Gasteiger partial charge in [-0.3, -0.25) is 9.59 Å². The van der Waals surface area contributed by atoms with Gasteiger partial charge in [-0.2, -0.15) is 0 Å². The van der Waals surface area contributed by atoms with E-state index in [1.165, 1.54) is 11.3 Å². The van der Waals surface area contributed by atoms with E-state index in [1.807, 2.05) is 29.2 Å². The van der Waals surface area contributed by atoms with E-state index >= 15 is 0 Å². The Morgan fingerprint density at radius 1 is 1.04 bits per heavy atom. The normalized spacial score (nSPS) is 19.7. The van der Waals surface area contributed by atoms with Gasteiger partial charge in [0.1, 0.15) is 0 Å². The van der Waals surface area contributed by atoms with Crippen molar-refractivity contribution >= 4 is 23.2 Å². The number of carbonyl (C=O) groups is 2. The standard InChI is InChI=1S/C21H23N3O2/c1-15-5-4-6-16(13-15)23-9-11-24(12-10-23)21(26)18-14-20(25)22-19-8-3-2-7-17(18)19/h2-8,13,18H,9-12,14H2,1H3,(H,22,25). The van der Waals surface area contributed by atoms with Crippen LogP contribution in [0.5, 0.6) is 0 Å². The average molecular weight is 349 g/mol. The van der Waals surface area contributed by atoms with Crippen molar-refractivity contribution in [3.63, 3.8) is 0 Å². The van der Waals surface area contributed by atoms with Crippen molar-refractivity contribution in [3.05, 3.63) is 59.7 Å². The lowest BCUT2D eigenvalue weighted by Crippen LogP contribution is -2.50. The maximum Gasteiger partial charge on any atom is 0.230 e. The van der Waals surface area contributed by atoms with Crippen LogP contribution in [0.3, 0.4) is 0 Å². The lowest BCUT2D eigenvalue weighted by Gasteiger charge is -2.38. The van der Waals surface area contributed by atoms with E-state index in [1.54, 1.807) is 0 Å². The predicted octanol–water partition coefficient (Wildman–Crippen LogP) is 2.77. The minimum absolute atomic E-state index is 0.0659. The molecule has 0 aliphatic carbocycles. The Bertz CT molecular complexity index is 841.